The molecule has 0 aliphatic heterocycles. The molecule has 8 nitrogen and oxygen atoms in total. The third-order valence-electron chi connectivity index (χ3n) is 5.87. The molecule has 3 aromatic rings. The Morgan fingerprint density at radius 2 is 1.64 bits per heavy atom. The molecule has 3 rings (SSSR count). The van der Waals surface area contributed by atoms with Crippen LogP contribution in [0.25, 0.3) is 0 Å². The molecule has 11 heteroatoms. The minimum absolute atomic E-state index is 0.0197. The molecule has 0 aliphatic rings. The molecule has 0 bridgehead atoms. The molecule has 0 radical (unpaired) electrons. The van der Waals surface area contributed by atoms with E-state index in [1.165, 1.54) is 42.3 Å². The van der Waals surface area contributed by atoms with Crippen molar-refractivity contribution in [2.24, 2.45) is 0 Å². The van der Waals surface area contributed by atoms with Crippen molar-refractivity contribution in [2.75, 3.05) is 18.0 Å². The fourth-order valence-electron chi connectivity index (χ4n) is 3.87. The van der Waals surface area contributed by atoms with E-state index in [-0.39, 0.29) is 34.1 Å². The van der Waals surface area contributed by atoms with Crippen LogP contribution < -0.4 is 14.4 Å². The summed E-state index contributed by atoms with van der Waals surface area (Å²) in [6.07, 6.45) is 0. The van der Waals surface area contributed by atoms with Gasteiger partial charge in [0, 0.05) is 17.6 Å². The van der Waals surface area contributed by atoms with Crippen molar-refractivity contribution in [1.29, 1.82) is 0 Å². The molecule has 0 fully saturated rings. The van der Waals surface area contributed by atoms with Crippen molar-refractivity contribution >= 4 is 50.7 Å². The Balaban J connectivity index is 2.06. The van der Waals surface area contributed by atoms with Gasteiger partial charge in [-0.05, 0) is 68.8 Å². The van der Waals surface area contributed by atoms with E-state index in [1.54, 1.807) is 49.4 Å². The summed E-state index contributed by atoms with van der Waals surface area (Å²) in [6, 6.07) is 18.1. The first kappa shape index (κ1) is 30.3. The highest BCUT2D eigenvalue weighted by Gasteiger charge is 2.33. The Morgan fingerprint density at radius 1 is 0.949 bits per heavy atom. The Bertz CT molecular complexity index is 1420. The van der Waals surface area contributed by atoms with Crippen LogP contribution in [0.3, 0.4) is 0 Å². The number of halogens is 2. The summed E-state index contributed by atoms with van der Waals surface area (Å²) in [5.41, 5.74) is 0.785. The number of ether oxygens (including phenoxy) is 1. The summed E-state index contributed by atoms with van der Waals surface area (Å²) in [4.78, 5) is 28.2. The average Bonchev–Trinajstić information content (AvgIpc) is 2.90. The lowest BCUT2D eigenvalue weighted by molar-refractivity contribution is -0.139. The van der Waals surface area contributed by atoms with Gasteiger partial charge in [0.2, 0.25) is 11.8 Å². The van der Waals surface area contributed by atoms with E-state index in [2.05, 4.69) is 5.32 Å². The topological polar surface area (TPSA) is 96.0 Å². The smallest absolute Gasteiger partial charge is 0.264 e. The lowest BCUT2D eigenvalue weighted by Crippen LogP contribution is -2.52. The van der Waals surface area contributed by atoms with Gasteiger partial charge < -0.3 is 15.0 Å². The standard InChI is InChI=1S/C28H31Cl2N3O5S/c1-19(2)31-28(35)20(3)32(17-21-9-8-10-23(15-21)38-4)27(34)18-33(26-14-13-22(29)16-25(26)30)39(36,37)24-11-6-5-7-12-24/h5-16,19-20H,17-18H2,1-4H3,(H,31,35). The molecular formula is C28H31Cl2N3O5S. The average molecular weight is 593 g/mol. The lowest BCUT2D eigenvalue weighted by Gasteiger charge is -2.32. The summed E-state index contributed by atoms with van der Waals surface area (Å²) in [5.74, 6) is -0.390. The number of nitrogens with one attached hydrogen (secondary N) is 1. The van der Waals surface area contributed by atoms with Gasteiger partial charge in [0.05, 0.1) is 22.7 Å². The molecule has 0 spiro atoms. The van der Waals surface area contributed by atoms with Gasteiger partial charge in [0.25, 0.3) is 10.0 Å². The second-order valence-electron chi connectivity index (χ2n) is 9.13. The van der Waals surface area contributed by atoms with E-state index < -0.39 is 28.5 Å². The van der Waals surface area contributed by atoms with Crippen LogP contribution in [0.2, 0.25) is 10.0 Å². The molecule has 1 atom stereocenters. The predicted octanol–water partition coefficient (Wildman–Crippen LogP) is 5.14. The number of benzene rings is 3. The zero-order valence-corrected chi connectivity index (χ0v) is 24.4. The fraction of sp³-hybridized carbons (Fsp3) is 0.286. The quantitative estimate of drug-likeness (QED) is 0.333. The predicted molar refractivity (Wildman–Crippen MR) is 154 cm³/mol. The van der Waals surface area contributed by atoms with Crippen LogP contribution in [0.15, 0.2) is 77.7 Å². The molecular weight excluding hydrogens is 561 g/mol. The summed E-state index contributed by atoms with van der Waals surface area (Å²) in [7, 11) is -2.70. The SMILES string of the molecule is COc1cccc(CN(C(=O)CN(c2ccc(Cl)cc2Cl)S(=O)(=O)c2ccccc2)C(C)C(=O)NC(C)C)c1. The molecule has 208 valence electrons. The Kier molecular flexibility index (Phi) is 10.2. The lowest BCUT2D eigenvalue weighted by atomic mass is 10.1. The molecule has 0 aliphatic carbocycles. The number of anilines is 1. The first-order valence-corrected chi connectivity index (χ1v) is 14.4. The van der Waals surface area contributed by atoms with Crippen molar-refractivity contribution < 1.29 is 22.7 Å². The van der Waals surface area contributed by atoms with Crippen molar-refractivity contribution in [1.82, 2.24) is 10.2 Å². The number of amides is 2. The fourth-order valence-corrected chi connectivity index (χ4v) is 5.89. The molecule has 0 saturated heterocycles. The van der Waals surface area contributed by atoms with Gasteiger partial charge in [-0.3, -0.25) is 13.9 Å². The normalized spacial score (nSPS) is 12.1. The Labute approximate surface area is 239 Å². The summed E-state index contributed by atoms with van der Waals surface area (Å²) >= 11 is 12.5. The maximum Gasteiger partial charge on any atom is 0.264 e. The monoisotopic (exact) mass is 591 g/mol. The van der Waals surface area contributed by atoms with Crippen molar-refractivity contribution in [3.8, 4) is 5.75 Å². The number of hydrogen-bond donors (Lipinski definition) is 1. The minimum atomic E-state index is -4.23. The maximum atomic E-state index is 13.9. The van der Waals surface area contributed by atoms with Crippen LogP contribution in [-0.2, 0) is 26.2 Å². The van der Waals surface area contributed by atoms with Gasteiger partial charge in [0.1, 0.15) is 18.3 Å². The first-order chi connectivity index (χ1) is 18.4. The zero-order valence-electron chi connectivity index (χ0n) is 22.1. The van der Waals surface area contributed by atoms with Crippen LogP contribution in [0.4, 0.5) is 5.69 Å². The molecule has 0 aromatic heterocycles. The number of carbonyl (C=O) groups is 2. The highest BCUT2D eigenvalue weighted by atomic mass is 35.5. The molecule has 3 aromatic carbocycles. The zero-order chi connectivity index (χ0) is 28.7. The van der Waals surface area contributed by atoms with E-state index in [1.807, 2.05) is 13.8 Å². The van der Waals surface area contributed by atoms with Gasteiger partial charge in [-0.2, -0.15) is 0 Å². The summed E-state index contributed by atoms with van der Waals surface area (Å²) < 4.78 is 33.8. The van der Waals surface area contributed by atoms with E-state index in [0.717, 1.165) is 4.31 Å². The van der Waals surface area contributed by atoms with Crippen molar-refractivity contribution in [2.45, 2.75) is 44.3 Å². The summed E-state index contributed by atoms with van der Waals surface area (Å²) in [6.45, 7) is 4.66. The molecule has 0 heterocycles. The van der Waals surface area contributed by atoms with Gasteiger partial charge in [-0.1, -0.05) is 53.5 Å². The maximum absolute atomic E-state index is 13.9. The molecule has 1 unspecified atom stereocenters. The molecule has 1 N–H and O–H groups in total. The number of rotatable bonds is 11. The van der Waals surface area contributed by atoms with E-state index >= 15 is 0 Å². The number of carbonyl (C=O) groups excluding carboxylic acids is 2. The van der Waals surface area contributed by atoms with Crippen LogP contribution in [0.1, 0.15) is 26.3 Å². The van der Waals surface area contributed by atoms with E-state index in [4.69, 9.17) is 27.9 Å². The second kappa shape index (κ2) is 13.2. The van der Waals surface area contributed by atoms with Crippen LogP contribution in [0, 0.1) is 0 Å². The molecule has 0 saturated carbocycles. The van der Waals surface area contributed by atoms with Crippen molar-refractivity contribution in [3.63, 3.8) is 0 Å². The number of sulfonamides is 1. The third kappa shape index (κ3) is 7.65. The van der Waals surface area contributed by atoms with E-state index in [0.29, 0.717) is 16.3 Å². The molecule has 2 amide bonds. The highest BCUT2D eigenvalue weighted by molar-refractivity contribution is 7.92. The van der Waals surface area contributed by atoms with Gasteiger partial charge in [-0.15, -0.1) is 0 Å². The number of methoxy groups -OCH3 is 1. The minimum Gasteiger partial charge on any atom is -0.497 e. The Hall–Kier alpha value is -3.27. The van der Waals surface area contributed by atoms with Crippen LogP contribution >= 0.6 is 23.2 Å². The Morgan fingerprint density at radius 3 is 2.26 bits per heavy atom. The van der Waals surface area contributed by atoms with Crippen LogP contribution in [-0.4, -0.2) is 50.9 Å². The second-order valence-corrected chi connectivity index (χ2v) is 11.8. The van der Waals surface area contributed by atoms with Gasteiger partial charge in [-0.25, -0.2) is 8.42 Å². The van der Waals surface area contributed by atoms with Crippen molar-refractivity contribution in [3.05, 3.63) is 88.4 Å². The van der Waals surface area contributed by atoms with E-state index in [9.17, 15) is 18.0 Å². The first-order valence-electron chi connectivity index (χ1n) is 12.2. The third-order valence-corrected chi connectivity index (χ3v) is 8.19. The number of hydrogen-bond acceptors (Lipinski definition) is 5. The van der Waals surface area contributed by atoms with Gasteiger partial charge in [0.15, 0.2) is 0 Å². The highest BCUT2D eigenvalue weighted by Crippen LogP contribution is 2.33. The van der Waals surface area contributed by atoms with Gasteiger partial charge >= 0.3 is 0 Å². The largest absolute Gasteiger partial charge is 0.497 e. The number of nitrogens with zero attached hydrogens (tertiary/aromatic N) is 2. The summed E-state index contributed by atoms with van der Waals surface area (Å²) in [5, 5.41) is 3.18. The van der Waals surface area contributed by atoms with Crippen LogP contribution in [0.5, 0.6) is 5.75 Å². The molecule has 39 heavy (non-hydrogen) atoms.